The molecule has 2 aromatic carbocycles. The summed E-state index contributed by atoms with van der Waals surface area (Å²) in [5.41, 5.74) is 2.88. The highest BCUT2D eigenvalue weighted by Gasteiger charge is 2.20. The molecule has 0 saturated carbocycles. The van der Waals surface area contributed by atoms with Crippen molar-refractivity contribution in [3.8, 4) is 17.1 Å². The van der Waals surface area contributed by atoms with Crippen LogP contribution in [0, 0.1) is 11.6 Å². The van der Waals surface area contributed by atoms with Crippen LogP contribution in [0.25, 0.3) is 17.1 Å². The van der Waals surface area contributed by atoms with Crippen LogP contribution in [-0.2, 0) is 4.74 Å². The zero-order valence-corrected chi connectivity index (χ0v) is 14.9. The normalized spacial score (nSPS) is 10.5. The summed E-state index contributed by atoms with van der Waals surface area (Å²) in [5, 5.41) is 0. The Labute approximate surface area is 151 Å². The van der Waals surface area contributed by atoms with Gasteiger partial charge in [-0.15, -0.1) is 0 Å². The molecule has 0 unspecified atom stereocenters. The zero-order valence-electron chi connectivity index (χ0n) is 14.1. The molecule has 0 amide bonds. The second-order valence-corrected chi connectivity index (χ2v) is 5.85. The first-order valence-corrected chi connectivity index (χ1v) is 8.46. The molecule has 0 aliphatic heterocycles. The van der Waals surface area contributed by atoms with E-state index in [1.807, 2.05) is 72.2 Å². The minimum Gasteiger partial charge on any atom is -0.462 e. The predicted octanol–water partition coefficient (Wildman–Crippen LogP) is 4.75. The standard InChI is InChI=1S/C20H18N2O2S/c1-3-24-20(23)17-14(2)22(16-12-8-5-9-13-16)18(21-19(17)25)15-10-6-4-7-11-15/h4-13H,3H2,1-2H3. The topological polar surface area (TPSA) is 44.1 Å². The Morgan fingerprint density at radius 2 is 1.68 bits per heavy atom. The fourth-order valence-electron chi connectivity index (χ4n) is 2.74. The lowest BCUT2D eigenvalue weighted by molar-refractivity contribution is 0.0523. The molecule has 1 heterocycles. The average Bonchev–Trinajstić information content (AvgIpc) is 2.63. The third-order valence-electron chi connectivity index (χ3n) is 3.86. The van der Waals surface area contributed by atoms with E-state index < -0.39 is 5.97 Å². The van der Waals surface area contributed by atoms with Gasteiger partial charge in [-0.2, -0.15) is 0 Å². The first kappa shape index (κ1) is 17.0. The SMILES string of the molecule is CCOC(=O)c1c(C)n(-c2ccccc2)c(-c2ccccc2)nc1=S. The molecule has 3 rings (SSSR count). The molecule has 5 heteroatoms. The summed E-state index contributed by atoms with van der Waals surface area (Å²) in [6.07, 6.45) is 0. The van der Waals surface area contributed by atoms with Gasteiger partial charge in [0.05, 0.1) is 6.61 Å². The Hall–Kier alpha value is -2.79. The molecule has 4 nitrogen and oxygen atoms in total. The molecule has 0 aliphatic carbocycles. The second-order valence-electron chi connectivity index (χ2n) is 5.46. The number of nitrogens with zero attached hydrogens (tertiary/aromatic N) is 2. The highest BCUT2D eigenvalue weighted by Crippen LogP contribution is 2.25. The van der Waals surface area contributed by atoms with Gasteiger partial charge < -0.3 is 4.74 Å². The minimum atomic E-state index is -0.443. The number of benzene rings is 2. The van der Waals surface area contributed by atoms with E-state index in [1.165, 1.54) is 0 Å². The van der Waals surface area contributed by atoms with Crippen molar-refractivity contribution in [1.82, 2.24) is 9.55 Å². The molecule has 1 aromatic heterocycles. The maximum Gasteiger partial charge on any atom is 0.343 e. The van der Waals surface area contributed by atoms with Gasteiger partial charge in [-0.3, -0.25) is 4.57 Å². The van der Waals surface area contributed by atoms with E-state index in [1.54, 1.807) is 6.92 Å². The van der Waals surface area contributed by atoms with Gasteiger partial charge in [0, 0.05) is 16.9 Å². The van der Waals surface area contributed by atoms with Crippen LogP contribution in [-0.4, -0.2) is 22.1 Å². The van der Waals surface area contributed by atoms with Crippen molar-refractivity contribution in [2.24, 2.45) is 0 Å². The van der Waals surface area contributed by atoms with Gasteiger partial charge in [-0.05, 0) is 26.0 Å². The summed E-state index contributed by atoms with van der Waals surface area (Å²) in [4.78, 5) is 16.9. The van der Waals surface area contributed by atoms with Crippen molar-refractivity contribution in [3.63, 3.8) is 0 Å². The van der Waals surface area contributed by atoms with E-state index in [-0.39, 0.29) is 4.64 Å². The summed E-state index contributed by atoms with van der Waals surface area (Å²) in [7, 11) is 0. The van der Waals surface area contributed by atoms with Crippen molar-refractivity contribution < 1.29 is 9.53 Å². The molecule has 25 heavy (non-hydrogen) atoms. The summed E-state index contributed by atoms with van der Waals surface area (Å²) in [6.45, 7) is 3.93. The van der Waals surface area contributed by atoms with Crippen LogP contribution in [0.1, 0.15) is 23.0 Å². The van der Waals surface area contributed by atoms with Gasteiger partial charge in [-0.1, -0.05) is 60.7 Å². The molecule has 0 fully saturated rings. The molecule has 0 N–H and O–H groups in total. The lowest BCUT2D eigenvalue weighted by Crippen LogP contribution is -2.16. The molecular formula is C20H18N2O2S. The summed E-state index contributed by atoms with van der Waals surface area (Å²) >= 11 is 5.40. The van der Waals surface area contributed by atoms with Crippen LogP contribution in [0.15, 0.2) is 60.7 Å². The fraction of sp³-hybridized carbons (Fsp3) is 0.150. The van der Waals surface area contributed by atoms with E-state index in [2.05, 4.69) is 4.98 Å². The number of carbonyl (C=O) groups is 1. The molecule has 0 spiro atoms. The van der Waals surface area contributed by atoms with Crippen LogP contribution in [0.5, 0.6) is 0 Å². The van der Waals surface area contributed by atoms with Crippen LogP contribution in [0.2, 0.25) is 0 Å². The van der Waals surface area contributed by atoms with Crippen LogP contribution < -0.4 is 0 Å². The van der Waals surface area contributed by atoms with Gasteiger partial charge in [0.1, 0.15) is 16.0 Å². The smallest absolute Gasteiger partial charge is 0.343 e. The van der Waals surface area contributed by atoms with E-state index in [0.29, 0.717) is 23.7 Å². The van der Waals surface area contributed by atoms with Crippen molar-refractivity contribution in [3.05, 3.63) is 76.6 Å². The number of para-hydroxylation sites is 1. The molecule has 0 bridgehead atoms. The van der Waals surface area contributed by atoms with Crippen molar-refractivity contribution in [2.45, 2.75) is 13.8 Å². The van der Waals surface area contributed by atoms with E-state index >= 15 is 0 Å². The molecule has 0 radical (unpaired) electrons. The van der Waals surface area contributed by atoms with Crippen molar-refractivity contribution >= 4 is 18.2 Å². The Kier molecular flexibility index (Phi) is 5.05. The van der Waals surface area contributed by atoms with Gasteiger partial charge in [0.15, 0.2) is 0 Å². The van der Waals surface area contributed by atoms with Gasteiger partial charge in [0.2, 0.25) is 0 Å². The summed E-state index contributed by atoms with van der Waals surface area (Å²) in [5.74, 6) is 0.254. The average molecular weight is 350 g/mol. The minimum absolute atomic E-state index is 0.252. The number of ether oxygens (including phenoxy) is 1. The molecular weight excluding hydrogens is 332 g/mol. The summed E-state index contributed by atoms with van der Waals surface area (Å²) < 4.78 is 7.36. The number of esters is 1. The highest BCUT2D eigenvalue weighted by atomic mass is 32.1. The van der Waals surface area contributed by atoms with Crippen LogP contribution in [0.4, 0.5) is 0 Å². The molecule has 0 aliphatic rings. The number of rotatable bonds is 4. The molecule has 0 saturated heterocycles. The van der Waals surface area contributed by atoms with Gasteiger partial charge in [-0.25, -0.2) is 9.78 Å². The summed E-state index contributed by atoms with van der Waals surface area (Å²) in [6, 6.07) is 19.6. The lowest BCUT2D eigenvalue weighted by Gasteiger charge is -2.19. The third-order valence-corrected chi connectivity index (χ3v) is 4.15. The first-order valence-electron chi connectivity index (χ1n) is 8.05. The lowest BCUT2D eigenvalue weighted by atomic mass is 10.1. The Morgan fingerprint density at radius 3 is 2.28 bits per heavy atom. The number of carbonyl (C=O) groups excluding carboxylic acids is 1. The van der Waals surface area contributed by atoms with Gasteiger partial charge in [0.25, 0.3) is 0 Å². The predicted molar refractivity (Wildman–Crippen MR) is 101 cm³/mol. The Morgan fingerprint density at radius 1 is 1.08 bits per heavy atom. The molecule has 0 atom stereocenters. The third kappa shape index (κ3) is 3.37. The second kappa shape index (κ2) is 7.40. The fourth-order valence-corrected chi connectivity index (χ4v) is 3.06. The van der Waals surface area contributed by atoms with Crippen LogP contribution in [0.3, 0.4) is 0 Å². The number of aromatic nitrogens is 2. The van der Waals surface area contributed by atoms with Gasteiger partial charge >= 0.3 is 5.97 Å². The monoisotopic (exact) mass is 350 g/mol. The van der Waals surface area contributed by atoms with Crippen molar-refractivity contribution in [1.29, 1.82) is 0 Å². The molecule has 3 aromatic rings. The maximum absolute atomic E-state index is 12.4. The van der Waals surface area contributed by atoms with Crippen molar-refractivity contribution in [2.75, 3.05) is 6.61 Å². The largest absolute Gasteiger partial charge is 0.462 e. The quantitative estimate of drug-likeness (QED) is 0.503. The Bertz CT molecular complexity index is 951. The first-order chi connectivity index (χ1) is 12.1. The number of hydrogen-bond donors (Lipinski definition) is 0. The Balaban J connectivity index is 2.33. The van der Waals surface area contributed by atoms with E-state index in [9.17, 15) is 4.79 Å². The zero-order chi connectivity index (χ0) is 17.8. The molecule has 126 valence electrons. The number of hydrogen-bond acceptors (Lipinski definition) is 4. The highest BCUT2D eigenvalue weighted by molar-refractivity contribution is 7.71. The van der Waals surface area contributed by atoms with E-state index in [4.69, 9.17) is 17.0 Å². The maximum atomic E-state index is 12.4. The van der Waals surface area contributed by atoms with Crippen LogP contribution >= 0.6 is 12.2 Å². The van der Waals surface area contributed by atoms with E-state index in [0.717, 1.165) is 11.3 Å².